The number of hydrogen-bond donors (Lipinski definition) is 1. The molecular formula is C30H30N6O4. The summed E-state index contributed by atoms with van der Waals surface area (Å²) in [5.41, 5.74) is 4.14. The predicted molar refractivity (Wildman–Crippen MR) is 152 cm³/mol. The van der Waals surface area contributed by atoms with Crippen molar-refractivity contribution in [2.75, 3.05) is 43.0 Å². The summed E-state index contributed by atoms with van der Waals surface area (Å²) >= 11 is 0. The minimum atomic E-state index is -0.480. The van der Waals surface area contributed by atoms with Gasteiger partial charge < -0.3 is 19.9 Å². The van der Waals surface area contributed by atoms with Crippen LogP contribution in [0.2, 0.25) is 0 Å². The van der Waals surface area contributed by atoms with E-state index in [1.165, 1.54) is 6.92 Å². The van der Waals surface area contributed by atoms with Crippen molar-refractivity contribution in [3.05, 3.63) is 90.3 Å². The zero-order valence-electron chi connectivity index (χ0n) is 22.4. The van der Waals surface area contributed by atoms with Crippen LogP contribution >= 0.6 is 0 Å². The van der Waals surface area contributed by atoms with Crippen LogP contribution in [0.3, 0.4) is 0 Å². The highest BCUT2D eigenvalue weighted by molar-refractivity contribution is 5.95. The average molecular weight is 539 g/mol. The molecule has 1 aliphatic heterocycles. The third-order valence-electron chi connectivity index (χ3n) is 6.61. The van der Waals surface area contributed by atoms with E-state index in [9.17, 15) is 14.4 Å². The van der Waals surface area contributed by atoms with Gasteiger partial charge in [-0.2, -0.15) is 5.10 Å². The van der Waals surface area contributed by atoms with Gasteiger partial charge in [0.2, 0.25) is 5.91 Å². The lowest BCUT2D eigenvalue weighted by molar-refractivity contribution is -0.114. The Bertz CT molecular complexity index is 1490. The molecule has 1 saturated heterocycles. The number of pyridine rings is 1. The van der Waals surface area contributed by atoms with Crippen molar-refractivity contribution in [3.63, 3.8) is 0 Å². The van der Waals surface area contributed by atoms with Crippen LogP contribution in [0.4, 0.5) is 11.4 Å². The van der Waals surface area contributed by atoms with Crippen LogP contribution in [0.25, 0.3) is 17.1 Å². The minimum Gasteiger partial charge on any atom is -0.461 e. The van der Waals surface area contributed by atoms with E-state index in [1.807, 2.05) is 47.4 Å². The third kappa shape index (κ3) is 5.85. The van der Waals surface area contributed by atoms with Gasteiger partial charge in [-0.3, -0.25) is 9.59 Å². The van der Waals surface area contributed by atoms with E-state index < -0.39 is 5.97 Å². The van der Waals surface area contributed by atoms with Crippen LogP contribution in [0.1, 0.15) is 34.7 Å². The zero-order chi connectivity index (χ0) is 28.1. The summed E-state index contributed by atoms with van der Waals surface area (Å²) < 4.78 is 6.80. The van der Waals surface area contributed by atoms with Gasteiger partial charge in [-0.25, -0.2) is 14.5 Å². The standard InChI is InChI=1S/C30H30N6O4/c1-3-40-30(39)26-20-27(36(33-26)28-6-4-5-15-31-28)22-9-13-25(14-10-22)34-16-18-35(19-17-34)29(38)23-7-11-24(12-8-23)32-21(2)37/h4-15,20H,3,16-19H2,1-2H3,(H,32,37). The maximum absolute atomic E-state index is 13.0. The van der Waals surface area contributed by atoms with Crippen molar-refractivity contribution in [2.45, 2.75) is 13.8 Å². The first-order chi connectivity index (χ1) is 19.4. The topological polar surface area (TPSA) is 110 Å². The Labute approximate surface area is 232 Å². The summed E-state index contributed by atoms with van der Waals surface area (Å²) in [7, 11) is 0. The Morgan fingerprint density at radius 1 is 0.925 bits per heavy atom. The minimum absolute atomic E-state index is 0.0236. The Hall–Kier alpha value is -4.99. The van der Waals surface area contributed by atoms with Crippen LogP contribution in [0, 0.1) is 0 Å². The largest absolute Gasteiger partial charge is 0.461 e. The van der Waals surface area contributed by atoms with Crippen molar-refractivity contribution >= 4 is 29.2 Å². The molecule has 204 valence electrons. The van der Waals surface area contributed by atoms with Gasteiger partial charge >= 0.3 is 5.97 Å². The quantitative estimate of drug-likeness (QED) is 0.354. The monoisotopic (exact) mass is 538 g/mol. The molecule has 2 aromatic heterocycles. The maximum Gasteiger partial charge on any atom is 0.358 e. The molecule has 0 aliphatic carbocycles. The summed E-state index contributed by atoms with van der Waals surface area (Å²) in [5, 5.41) is 7.18. The highest BCUT2D eigenvalue weighted by Gasteiger charge is 2.23. The molecule has 40 heavy (non-hydrogen) atoms. The van der Waals surface area contributed by atoms with Crippen LogP contribution in [-0.4, -0.2) is 70.2 Å². The van der Waals surface area contributed by atoms with Gasteiger partial charge in [-0.15, -0.1) is 0 Å². The third-order valence-corrected chi connectivity index (χ3v) is 6.61. The first-order valence-electron chi connectivity index (χ1n) is 13.1. The number of amides is 2. The van der Waals surface area contributed by atoms with E-state index in [-0.39, 0.29) is 24.1 Å². The van der Waals surface area contributed by atoms with Crippen molar-refractivity contribution in [2.24, 2.45) is 0 Å². The molecule has 2 amide bonds. The number of benzene rings is 2. The number of esters is 1. The number of hydrogen-bond acceptors (Lipinski definition) is 7. The first-order valence-corrected chi connectivity index (χ1v) is 13.1. The molecule has 10 nitrogen and oxygen atoms in total. The molecule has 4 aromatic rings. The van der Waals surface area contributed by atoms with Gasteiger partial charge in [-0.1, -0.05) is 18.2 Å². The van der Waals surface area contributed by atoms with Crippen LogP contribution in [0.5, 0.6) is 0 Å². The van der Waals surface area contributed by atoms with E-state index in [0.29, 0.717) is 43.2 Å². The second-order valence-corrected chi connectivity index (χ2v) is 9.32. The number of ether oxygens (including phenoxy) is 1. The smallest absolute Gasteiger partial charge is 0.358 e. The fraction of sp³-hybridized carbons (Fsp3) is 0.233. The molecule has 0 radical (unpaired) electrons. The maximum atomic E-state index is 13.0. The molecule has 1 N–H and O–H groups in total. The summed E-state index contributed by atoms with van der Waals surface area (Å²) in [6.45, 7) is 6.08. The van der Waals surface area contributed by atoms with Gasteiger partial charge in [-0.05, 0) is 61.5 Å². The molecule has 0 unspecified atom stereocenters. The van der Waals surface area contributed by atoms with E-state index in [0.717, 1.165) is 16.9 Å². The molecule has 0 atom stereocenters. The molecule has 1 fully saturated rings. The number of carbonyl (C=O) groups excluding carboxylic acids is 3. The Balaban J connectivity index is 1.27. The van der Waals surface area contributed by atoms with Gasteiger partial charge in [0.15, 0.2) is 11.5 Å². The van der Waals surface area contributed by atoms with E-state index in [2.05, 4.69) is 20.3 Å². The summed E-state index contributed by atoms with van der Waals surface area (Å²) in [4.78, 5) is 45.1. The lowest BCUT2D eigenvalue weighted by atomic mass is 10.1. The molecular weight excluding hydrogens is 508 g/mol. The molecule has 3 heterocycles. The SMILES string of the molecule is CCOC(=O)c1cc(-c2ccc(N3CCN(C(=O)c4ccc(NC(C)=O)cc4)CC3)cc2)n(-c2ccccn2)n1. The summed E-state index contributed by atoms with van der Waals surface area (Å²) in [6.07, 6.45) is 1.68. The average Bonchev–Trinajstić information content (AvgIpc) is 3.44. The van der Waals surface area contributed by atoms with Crippen LogP contribution < -0.4 is 10.2 Å². The predicted octanol–water partition coefficient (Wildman–Crippen LogP) is 4.03. The van der Waals surface area contributed by atoms with Crippen molar-refractivity contribution in [3.8, 4) is 17.1 Å². The first kappa shape index (κ1) is 26.6. The van der Waals surface area contributed by atoms with Crippen LogP contribution in [0.15, 0.2) is 79.0 Å². The number of anilines is 2. The van der Waals surface area contributed by atoms with Gasteiger partial charge in [0, 0.05) is 61.8 Å². The number of piperazine rings is 1. The van der Waals surface area contributed by atoms with Gasteiger partial charge in [0.25, 0.3) is 5.91 Å². The number of carbonyl (C=O) groups is 3. The number of aromatic nitrogens is 3. The molecule has 1 aliphatic rings. The Kier molecular flexibility index (Phi) is 7.86. The second-order valence-electron chi connectivity index (χ2n) is 9.32. The molecule has 10 heteroatoms. The number of nitrogens with one attached hydrogen (secondary N) is 1. The van der Waals surface area contributed by atoms with E-state index in [4.69, 9.17) is 4.74 Å². The van der Waals surface area contributed by atoms with Crippen molar-refractivity contribution < 1.29 is 19.1 Å². The van der Waals surface area contributed by atoms with E-state index in [1.54, 1.807) is 48.1 Å². The second kappa shape index (κ2) is 11.8. The summed E-state index contributed by atoms with van der Waals surface area (Å²) in [6, 6.07) is 22.3. The number of rotatable bonds is 7. The van der Waals surface area contributed by atoms with Crippen molar-refractivity contribution in [1.29, 1.82) is 0 Å². The molecule has 0 spiro atoms. The lowest BCUT2D eigenvalue weighted by Gasteiger charge is -2.36. The normalized spacial score (nSPS) is 13.2. The lowest BCUT2D eigenvalue weighted by Crippen LogP contribution is -2.48. The fourth-order valence-electron chi connectivity index (χ4n) is 4.64. The zero-order valence-corrected chi connectivity index (χ0v) is 22.4. The fourth-order valence-corrected chi connectivity index (χ4v) is 4.64. The van der Waals surface area contributed by atoms with Gasteiger partial charge in [0.1, 0.15) is 0 Å². The Morgan fingerprint density at radius 3 is 2.27 bits per heavy atom. The van der Waals surface area contributed by atoms with Crippen molar-refractivity contribution in [1.82, 2.24) is 19.7 Å². The number of nitrogens with zero attached hydrogens (tertiary/aromatic N) is 5. The highest BCUT2D eigenvalue weighted by atomic mass is 16.5. The molecule has 5 rings (SSSR count). The Morgan fingerprint density at radius 2 is 1.65 bits per heavy atom. The van der Waals surface area contributed by atoms with E-state index >= 15 is 0 Å². The molecule has 2 aromatic carbocycles. The molecule has 0 saturated carbocycles. The van der Waals surface area contributed by atoms with Crippen LogP contribution in [-0.2, 0) is 9.53 Å². The summed E-state index contributed by atoms with van der Waals surface area (Å²) in [5.74, 6) is -0.0538. The van der Waals surface area contributed by atoms with Gasteiger partial charge in [0.05, 0.1) is 12.3 Å². The molecule has 0 bridgehead atoms. The highest BCUT2D eigenvalue weighted by Crippen LogP contribution is 2.27.